The second-order valence-corrected chi connectivity index (χ2v) is 7.53. The number of phenols is 2. The van der Waals surface area contributed by atoms with Gasteiger partial charge >= 0.3 is 0 Å². The minimum atomic E-state index is -0.311. The van der Waals surface area contributed by atoms with Crippen molar-refractivity contribution in [2.75, 3.05) is 0 Å². The molecule has 28 heavy (non-hydrogen) atoms. The number of unbranched alkanes of at least 4 members (excludes halogenated alkanes) is 4. The summed E-state index contributed by atoms with van der Waals surface area (Å²) >= 11 is 0. The third-order valence-electron chi connectivity index (χ3n) is 5.64. The van der Waals surface area contributed by atoms with Crippen LogP contribution >= 0.6 is 0 Å². The molecule has 146 valence electrons. The summed E-state index contributed by atoms with van der Waals surface area (Å²) in [5.74, 6) is 0.554. The van der Waals surface area contributed by atoms with E-state index in [9.17, 15) is 10.2 Å². The first-order chi connectivity index (χ1) is 13.7. The molecule has 0 heterocycles. The lowest BCUT2D eigenvalue weighted by atomic mass is 9.66. The molecule has 0 bridgehead atoms. The van der Waals surface area contributed by atoms with E-state index in [2.05, 4.69) is 31.2 Å². The summed E-state index contributed by atoms with van der Waals surface area (Å²) in [5.41, 5.74) is 3.26. The third-order valence-corrected chi connectivity index (χ3v) is 5.64. The standard InChI is InChI=1S/C26H30O2/c1-2-3-4-5-9-20-26(21-10-7-6-8-11-21,22-12-16-24(27)17-13-22)23-14-18-25(28)19-15-23/h6-8,10-19,27-28H,2-5,9,20H2,1H3. The lowest BCUT2D eigenvalue weighted by molar-refractivity contribution is 0.470. The average Bonchev–Trinajstić information content (AvgIpc) is 2.73. The molecule has 3 aromatic rings. The van der Waals surface area contributed by atoms with Crippen LogP contribution in [0.5, 0.6) is 11.5 Å². The molecule has 0 atom stereocenters. The first kappa shape index (κ1) is 20.0. The van der Waals surface area contributed by atoms with Crippen LogP contribution in [-0.4, -0.2) is 10.2 Å². The Bertz CT molecular complexity index is 790. The van der Waals surface area contributed by atoms with Crippen LogP contribution in [0, 0.1) is 0 Å². The summed E-state index contributed by atoms with van der Waals surface area (Å²) in [6.45, 7) is 2.24. The Morgan fingerprint density at radius 2 is 1.04 bits per heavy atom. The largest absolute Gasteiger partial charge is 0.508 e. The summed E-state index contributed by atoms with van der Waals surface area (Å²) in [6.07, 6.45) is 7.08. The highest BCUT2D eigenvalue weighted by Crippen LogP contribution is 2.44. The Balaban J connectivity index is 2.10. The van der Waals surface area contributed by atoms with Gasteiger partial charge in [-0.05, 0) is 47.4 Å². The maximum absolute atomic E-state index is 9.84. The molecule has 2 N–H and O–H groups in total. The van der Waals surface area contributed by atoms with E-state index in [1.807, 2.05) is 30.3 Å². The molecule has 2 heteroatoms. The van der Waals surface area contributed by atoms with E-state index in [0.29, 0.717) is 0 Å². The minimum absolute atomic E-state index is 0.277. The molecule has 0 saturated carbocycles. The van der Waals surface area contributed by atoms with E-state index in [1.165, 1.54) is 31.2 Å². The van der Waals surface area contributed by atoms with Gasteiger partial charge in [0.25, 0.3) is 0 Å². The van der Waals surface area contributed by atoms with Crippen molar-refractivity contribution in [1.82, 2.24) is 0 Å². The maximum Gasteiger partial charge on any atom is 0.115 e. The predicted octanol–water partition coefficient (Wildman–Crippen LogP) is 6.79. The number of benzene rings is 3. The lowest BCUT2D eigenvalue weighted by Crippen LogP contribution is -2.29. The Morgan fingerprint density at radius 1 is 0.571 bits per heavy atom. The van der Waals surface area contributed by atoms with Crippen LogP contribution in [0.3, 0.4) is 0 Å². The zero-order valence-corrected chi connectivity index (χ0v) is 16.6. The van der Waals surface area contributed by atoms with Crippen molar-refractivity contribution < 1.29 is 10.2 Å². The molecule has 0 aliphatic heterocycles. The molecule has 0 radical (unpaired) electrons. The summed E-state index contributed by atoms with van der Waals surface area (Å²) < 4.78 is 0. The number of hydrogen-bond acceptors (Lipinski definition) is 2. The van der Waals surface area contributed by atoms with Gasteiger partial charge in [0.2, 0.25) is 0 Å². The predicted molar refractivity (Wildman–Crippen MR) is 116 cm³/mol. The first-order valence-corrected chi connectivity index (χ1v) is 10.3. The van der Waals surface area contributed by atoms with Crippen molar-refractivity contribution in [2.24, 2.45) is 0 Å². The Kier molecular flexibility index (Phi) is 6.76. The van der Waals surface area contributed by atoms with Gasteiger partial charge in [0.1, 0.15) is 11.5 Å². The fourth-order valence-corrected chi connectivity index (χ4v) is 4.14. The SMILES string of the molecule is CCCCCCCC(c1ccccc1)(c1ccc(O)cc1)c1ccc(O)cc1. The smallest absolute Gasteiger partial charge is 0.115 e. The van der Waals surface area contributed by atoms with E-state index < -0.39 is 0 Å². The van der Waals surface area contributed by atoms with Crippen LogP contribution in [-0.2, 0) is 5.41 Å². The van der Waals surface area contributed by atoms with Gasteiger partial charge in [-0.3, -0.25) is 0 Å². The normalized spacial score (nSPS) is 11.5. The first-order valence-electron chi connectivity index (χ1n) is 10.3. The van der Waals surface area contributed by atoms with Gasteiger partial charge in [-0.1, -0.05) is 93.6 Å². The van der Waals surface area contributed by atoms with Crippen LogP contribution in [0.4, 0.5) is 0 Å². The van der Waals surface area contributed by atoms with Crippen molar-refractivity contribution in [2.45, 2.75) is 50.9 Å². The Hall–Kier alpha value is -2.74. The Labute approximate surface area is 168 Å². The lowest BCUT2D eigenvalue weighted by Gasteiger charge is -2.36. The Morgan fingerprint density at radius 3 is 1.54 bits per heavy atom. The monoisotopic (exact) mass is 374 g/mol. The molecule has 0 aromatic heterocycles. The fraction of sp³-hybridized carbons (Fsp3) is 0.308. The summed E-state index contributed by atoms with van der Waals surface area (Å²) in [4.78, 5) is 0. The van der Waals surface area contributed by atoms with E-state index in [-0.39, 0.29) is 16.9 Å². The zero-order chi connectivity index (χ0) is 19.8. The van der Waals surface area contributed by atoms with Gasteiger partial charge in [0.15, 0.2) is 0 Å². The van der Waals surface area contributed by atoms with Gasteiger partial charge in [-0.25, -0.2) is 0 Å². The fourth-order valence-electron chi connectivity index (χ4n) is 4.14. The second-order valence-electron chi connectivity index (χ2n) is 7.53. The topological polar surface area (TPSA) is 40.5 Å². The molecule has 2 nitrogen and oxygen atoms in total. The van der Waals surface area contributed by atoms with E-state index in [1.54, 1.807) is 24.3 Å². The molecule has 0 unspecified atom stereocenters. The number of hydrogen-bond donors (Lipinski definition) is 2. The van der Waals surface area contributed by atoms with Crippen molar-refractivity contribution in [3.8, 4) is 11.5 Å². The summed E-state index contributed by atoms with van der Waals surface area (Å²) in [5, 5.41) is 19.7. The van der Waals surface area contributed by atoms with Crippen molar-refractivity contribution in [1.29, 1.82) is 0 Å². The van der Waals surface area contributed by atoms with Gasteiger partial charge in [0.05, 0.1) is 0 Å². The van der Waals surface area contributed by atoms with Gasteiger partial charge in [0, 0.05) is 5.41 Å². The van der Waals surface area contributed by atoms with Crippen LogP contribution in [0.1, 0.15) is 62.1 Å². The molecule has 0 saturated heterocycles. The molecule has 0 aliphatic carbocycles. The molecular formula is C26H30O2. The van der Waals surface area contributed by atoms with Gasteiger partial charge < -0.3 is 10.2 Å². The molecular weight excluding hydrogens is 344 g/mol. The highest BCUT2D eigenvalue weighted by Gasteiger charge is 2.35. The molecule has 0 spiro atoms. The summed E-state index contributed by atoms with van der Waals surface area (Å²) in [6, 6.07) is 25.8. The maximum atomic E-state index is 9.84. The van der Waals surface area contributed by atoms with Crippen LogP contribution in [0.25, 0.3) is 0 Å². The van der Waals surface area contributed by atoms with Gasteiger partial charge in [-0.2, -0.15) is 0 Å². The molecule has 3 rings (SSSR count). The van der Waals surface area contributed by atoms with E-state index >= 15 is 0 Å². The second kappa shape index (κ2) is 9.45. The minimum Gasteiger partial charge on any atom is -0.508 e. The van der Waals surface area contributed by atoms with Crippen molar-refractivity contribution in [3.05, 3.63) is 95.6 Å². The van der Waals surface area contributed by atoms with Crippen LogP contribution < -0.4 is 0 Å². The highest BCUT2D eigenvalue weighted by molar-refractivity contribution is 5.52. The number of phenolic OH excluding ortho intramolecular Hbond substituents is 2. The number of aromatic hydroxyl groups is 2. The summed E-state index contributed by atoms with van der Waals surface area (Å²) in [7, 11) is 0. The van der Waals surface area contributed by atoms with Crippen molar-refractivity contribution >= 4 is 0 Å². The van der Waals surface area contributed by atoms with Crippen molar-refractivity contribution in [3.63, 3.8) is 0 Å². The molecule has 3 aromatic carbocycles. The molecule has 0 aliphatic rings. The van der Waals surface area contributed by atoms with E-state index in [0.717, 1.165) is 24.0 Å². The quantitative estimate of drug-likeness (QED) is 0.320. The average molecular weight is 375 g/mol. The third kappa shape index (κ3) is 4.39. The molecule has 0 amide bonds. The van der Waals surface area contributed by atoms with Crippen LogP contribution in [0.2, 0.25) is 0 Å². The van der Waals surface area contributed by atoms with Gasteiger partial charge in [-0.15, -0.1) is 0 Å². The highest BCUT2D eigenvalue weighted by atomic mass is 16.3. The number of rotatable bonds is 9. The van der Waals surface area contributed by atoms with E-state index in [4.69, 9.17) is 0 Å². The van der Waals surface area contributed by atoms with Crippen LogP contribution in [0.15, 0.2) is 78.9 Å². The zero-order valence-electron chi connectivity index (χ0n) is 16.6. The molecule has 0 fully saturated rings.